The van der Waals surface area contributed by atoms with Gasteiger partial charge < -0.3 is 15.0 Å². The summed E-state index contributed by atoms with van der Waals surface area (Å²) in [6.45, 7) is 2.90. The molecule has 1 saturated heterocycles. The highest BCUT2D eigenvalue weighted by molar-refractivity contribution is 5.95. The maximum Gasteiger partial charge on any atom is 0.274 e. The predicted molar refractivity (Wildman–Crippen MR) is 86.3 cm³/mol. The number of nitrogens with one attached hydrogen (secondary N) is 1. The van der Waals surface area contributed by atoms with Gasteiger partial charge in [-0.3, -0.25) is 14.6 Å². The van der Waals surface area contributed by atoms with Gasteiger partial charge in [0, 0.05) is 38.6 Å². The van der Waals surface area contributed by atoms with Crippen molar-refractivity contribution in [2.24, 2.45) is 0 Å². The lowest BCUT2D eigenvalue weighted by atomic mass is 10.1. The van der Waals surface area contributed by atoms with Crippen molar-refractivity contribution in [1.29, 1.82) is 0 Å². The Labute approximate surface area is 139 Å². The zero-order valence-electron chi connectivity index (χ0n) is 13.3. The first-order valence-electron chi connectivity index (χ1n) is 7.66. The molecule has 2 aromatic rings. The number of nitrogens with zero attached hydrogens (tertiary/aromatic N) is 3. The van der Waals surface area contributed by atoms with Crippen molar-refractivity contribution < 1.29 is 14.3 Å². The summed E-state index contributed by atoms with van der Waals surface area (Å²) in [6.07, 6.45) is 4.93. The van der Waals surface area contributed by atoms with Crippen molar-refractivity contribution >= 4 is 11.8 Å². The van der Waals surface area contributed by atoms with Crippen LogP contribution in [0.25, 0.3) is 0 Å². The van der Waals surface area contributed by atoms with E-state index in [4.69, 9.17) is 4.74 Å². The van der Waals surface area contributed by atoms with Gasteiger partial charge in [-0.2, -0.15) is 0 Å². The number of carbonyl (C=O) groups excluding carboxylic acids is 2. The Morgan fingerprint density at radius 3 is 2.71 bits per heavy atom. The van der Waals surface area contributed by atoms with Crippen LogP contribution in [0.1, 0.15) is 23.0 Å². The van der Waals surface area contributed by atoms with Crippen LogP contribution in [-0.2, 0) is 11.4 Å². The Hall–Kier alpha value is -2.96. The summed E-state index contributed by atoms with van der Waals surface area (Å²) in [5, 5.41) is 2.87. The standard InChI is InChI=1S/C17H18N4O3/c1-12(22)21-9-14(10-21)20-17(23)16-15(3-2-6-19-16)24-11-13-4-7-18-8-5-13/h2-8,14H,9-11H2,1H3,(H,20,23). The highest BCUT2D eigenvalue weighted by Gasteiger charge is 2.30. The second-order valence-corrected chi connectivity index (χ2v) is 5.59. The van der Waals surface area contributed by atoms with E-state index in [0.717, 1.165) is 5.56 Å². The molecule has 1 aliphatic rings. The number of pyridine rings is 2. The molecular weight excluding hydrogens is 308 g/mol. The summed E-state index contributed by atoms with van der Waals surface area (Å²) < 4.78 is 5.72. The summed E-state index contributed by atoms with van der Waals surface area (Å²) in [5.41, 5.74) is 1.20. The van der Waals surface area contributed by atoms with Gasteiger partial charge in [0.25, 0.3) is 5.91 Å². The Kier molecular flexibility index (Phi) is 4.69. The number of ether oxygens (including phenoxy) is 1. The monoisotopic (exact) mass is 326 g/mol. The van der Waals surface area contributed by atoms with E-state index in [-0.39, 0.29) is 23.6 Å². The van der Waals surface area contributed by atoms with Crippen molar-refractivity contribution in [3.63, 3.8) is 0 Å². The third-order valence-corrected chi connectivity index (χ3v) is 3.79. The van der Waals surface area contributed by atoms with E-state index in [1.54, 1.807) is 35.6 Å². The van der Waals surface area contributed by atoms with Crippen LogP contribution < -0.4 is 10.1 Å². The Morgan fingerprint density at radius 1 is 1.25 bits per heavy atom. The molecule has 0 radical (unpaired) electrons. The third-order valence-electron chi connectivity index (χ3n) is 3.79. The summed E-state index contributed by atoms with van der Waals surface area (Å²) in [5.74, 6) is 0.141. The zero-order valence-corrected chi connectivity index (χ0v) is 13.3. The van der Waals surface area contributed by atoms with Crippen molar-refractivity contribution in [2.75, 3.05) is 13.1 Å². The average Bonchev–Trinajstić information content (AvgIpc) is 2.56. The fourth-order valence-corrected chi connectivity index (χ4v) is 2.40. The van der Waals surface area contributed by atoms with Crippen LogP contribution >= 0.6 is 0 Å². The van der Waals surface area contributed by atoms with Gasteiger partial charge in [-0.05, 0) is 29.8 Å². The molecule has 2 aromatic heterocycles. The van der Waals surface area contributed by atoms with Gasteiger partial charge in [-0.1, -0.05) is 0 Å². The number of likely N-dealkylation sites (tertiary alicyclic amines) is 1. The van der Waals surface area contributed by atoms with Crippen LogP contribution in [0.4, 0.5) is 0 Å². The summed E-state index contributed by atoms with van der Waals surface area (Å²) >= 11 is 0. The molecule has 0 spiro atoms. The lowest BCUT2D eigenvalue weighted by molar-refractivity contribution is -0.133. The minimum atomic E-state index is -0.298. The van der Waals surface area contributed by atoms with Crippen LogP contribution in [0.15, 0.2) is 42.9 Å². The molecular formula is C17H18N4O3. The fourth-order valence-electron chi connectivity index (χ4n) is 2.40. The van der Waals surface area contributed by atoms with Crippen molar-refractivity contribution in [3.05, 3.63) is 54.1 Å². The van der Waals surface area contributed by atoms with Crippen LogP contribution in [-0.4, -0.2) is 45.8 Å². The van der Waals surface area contributed by atoms with E-state index < -0.39 is 0 Å². The maximum absolute atomic E-state index is 12.4. The number of rotatable bonds is 5. The van der Waals surface area contributed by atoms with Gasteiger partial charge in [0.05, 0.1) is 6.04 Å². The molecule has 0 saturated carbocycles. The number of carbonyl (C=O) groups is 2. The first-order valence-corrected chi connectivity index (χ1v) is 7.66. The predicted octanol–water partition coefficient (Wildman–Crippen LogP) is 1.02. The van der Waals surface area contributed by atoms with Gasteiger partial charge in [0.15, 0.2) is 11.4 Å². The van der Waals surface area contributed by atoms with Gasteiger partial charge in [0.1, 0.15) is 6.61 Å². The second kappa shape index (κ2) is 7.08. The quantitative estimate of drug-likeness (QED) is 0.887. The third kappa shape index (κ3) is 3.68. The largest absolute Gasteiger partial charge is 0.486 e. The highest BCUT2D eigenvalue weighted by Crippen LogP contribution is 2.18. The molecule has 0 aliphatic carbocycles. The van der Waals surface area contributed by atoms with E-state index in [9.17, 15) is 9.59 Å². The van der Waals surface area contributed by atoms with Gasteiger partial charge >= 0.3 is 0 Å². The van der Waals surface area contributed by atoms with Gasteiger partial charge in [0.2, 0.25) is 5.91 Å². The minimum Gasteiger partial charge on any atom is -0.486 e. The Balaban J connectivity index is 1.61. The molecule has 124 valence electrons. The van der Waals surface area contributed by atoms with Gasteiger partial charge in [-0.15, -0.1) is 0 Å². The zero-order chi connectivity index (χ0) is 16.9. The summed E-state index contributed by atoms with van der Waals surface area (Å²) in [4.78, 5) is 33.3. The number of amides is 2. The molecule has 0 aromatic carbocycles. The first-order chi connectivity index (χ1) is 11.6. The molecule has 2 amide bonds. The molecule has 1 aliphatic heterocycles. The lowest BCUT2D eigenvalue weighted by Gasteiger charge is -2.38. The Bertz CT molecular complexity index is 730. The van der Waals surface area contributed by atoms with E-state index in [2.05, 4.69) is 15.3 Å². The van der Waals surface area contributed by atoms with Crippen molar-refractivity contribution in [3.8, 4) is 5.75 Å². The molecule has 3 heterocycles. The first kappa shape index (κ1) is 15.9. The van der Waals surface area contributed by atoms with Crippen LogP contribution in [0.5, 0.6) is 5.75 Å². The van der Waals surface area contributed by atoms with E-state index in [0.29, 0.717) is 25.4 Å². The van der Waals surface area contributed by atoms with Crippen molar-refractivity contribution in [1.82, 2.24) is 20.2 Å². The topological polar surface area (TPSA) is 84.4 Å². The Morgan fingerprint density at radius 2 is 2.00 bits per heavy atom. The summed E-state index contributed by atoms with van der Waals surface area (Å²) in [6, 6.07) is 7.09. The average molecular weight is 326 g/mol. The molecule has 1 fully saturated rings. The smallest absolute Gasteiger partial charge is 0.274 e. The molecule has 7 heteroatoms. The number of hydrogen-bond acceptors (Lipinski definition) is 5. The number of aromatic nitrogens is 2. The van der Waals surface area contributed by atoms with Crippen LogP contribution in [0.2, 0.25) is 0 Å². The van der Waals surface area contributed by atoms with Crippen LogP contribution in [0.3, 0.4) is 0 Å². The minimum absolute atomic E-state index is 0.0136. The normalized spacial score (nSPS) is 14.0. The van der Waals surface area contributed by atoms with Crippen LogP contribution in [0, 0.1) is 0 Å². The summed E-state index contributed by atoms with van der Waals surface area (Å²) in [7, 11) is 0. The molecule has 0 bridgehead atoms. The maximum atomic E-state index is 12.4. The van der Waals surface area contributed by atoms with E-state index in [1.165, 1.54) is 6.92 Å². The fraction of sp³-hybridized carbons (Fsp3) is 0.294. The molecule has 1 N–H and O–H groups in total. The molecule has 3 rings (SSSR count). The molecule has 0 atom stereocenters. The number of hydrogen-bond donors (Lipinski definition) is 1. The van der Waals surface area contributed by atoms with Crippen molar-refractivity contribution in [2.45, 2.75) is 19.6 Å². The molecule has 0 unspecified atom stereocenters. The lowest BCUT2D eigenvalue weighted by Crippen LogP contribution is -2.60. The highest BCUT2D eigenvalue weighted by atomic mass is 16.5. The second-order valence-electron chi connectivity index (χ2n) is 5.59. The van der Waals surface area contributed by atoms with E-state index >= 15 is 0 Å². The molecule has 24 heavy (non-hydrogen) atoms. The van der Waals surface area contributed by atoms with Gasteiger partial charge in [-0.25, -0.2) is 4.98 Å². The molecule has 7 nitrogen and oxygen atoms in total. The SMILES string of the molecule is CC(=O)N1CC(NC(=O)c2ncccc2OCc2ccncc2)C1. The van der Waals surface area contributed by atoms with E-state index in [1.807, 2.05) is 12.1 Å².